The van der Waals surface area contributed by atoms with Gasteiger partial charge in [0, 0.05) is 0 Å². The Kier molecular flexibility index (Phi) is 6.23. The van der Waals surface area contributed by atoms with Crippen LogP contribution in [0.3, 0.4) is 0 Å². The fourth-order valence-corrected chi connectivity index (χ4v) is 1.46. The molecular weight excluding hydrogens is 283 g/mol. The van der Waals surface area contributed by atoms with Gasteiger partial charge in [-0.2, -0.15) is 10.2 Å². The van der Waals surface area contributed by atoms with Gasteiger partial charge in [0.15, 0.2) is 0 Å². The van der Waals surface area contributed by atoms with Crippen molar-refractivity contribution in [1.82, 2.24) is 0 Å². The number of carbonyl (C=O) groups is 2. The van der Waals surface area contributed by atoms with Gasteiger partial charge < -0.3 is 11.6 Å². The van der Waals surface area contributed by atoms with Crippen molar-refractivity contribution < 1.29 is 50.8 Å². The molecule has 0 amide bonds. The average molecular weight is 294 g/mol. The standard InChI is InChI=1S/C14H10N2O4.Na.H/c17-13(18)9-1-5-11(6-2-9)15-16-12-7-3-10(4-8-12)14(19)20;;/h1-8H,(H,17,18)(H,19,20);;/q;+1;-1. The molecule has 0 unspecified atom stereocenters. The van der Waals surface area contributed by atoms with Crippen LogP contribution in [0.2, 0.25) is 0 Å². The molecule has 0 aromatic heterocycles. The van der Waals surface area contributed by atoms with Gasteiger partial charge in [0.1, 0.15) is 0 Å². The van der Waals surface area contributed by atoms with Crippen LogP contribution in [-0.2, 0) is 0 Å². The molecule has 0 saturated carbocycles. The summed E-state index contributed by atoms with van der Waals surface area (Å²) >= 11 is 0. The van der Waals surface area contributed by atoms with Crippen molar-refractivity contribution >= 4 is 23.3 Å². The van der Waals surface area contributed by atoms with Crippen molar-refractivity contribution in [3.63, 3.8) is 0 Å². The summed E-state index contributed by atoms with van der Waals surface area (Å²) in [6.45, 7) is 0. The Morgan fingerprint density at radius 3 is 1.24 bits per heavy atom. The molecule has 2 aromatic carbocycles. The van der Waals surface area contributed by atoms with E-state index in [9.17, 15) is 9.59 Å². The second-order valence-electron chi connectivity index (χ2n) is 3.90. The maximum Gasteiger partial charge on any atom is 1.00 e. The van der Waals surface area contributed by atoms with E-state index in [1.807, 2.05) is 0 Å². The number of nitrogens with zero attached hydrogens (tertiary/aromatic N) is 2. The van der Waals surface area contributed by atoms with Crippen LogP contribution in [0.4, 0.5) is 11.4 Å². The fraction of sp³-hybridized carbons (Fsp3) is 0. The van der Waals surface area contributed by atoms with E-state index in [0.717, 1.165) is 0 Å². The Hall–Kier alpha value is -2.02. The molecule has 0 aliphatic heterocycles. The first-order valence-corrected chi connectivity index (χ1v) is 5.65. The largest absolute Gasteiger partial charge is 1.00 e. The molecule has 0 spiro atoms. The summed E-state index contributed by atoms with van der Waals surface area (Å²) in [6.07, 6.45) is 0. The Morgan fingerprint density at radius 1 is 0.714 bits per heavy atom. The van der Waals surface area contributed by atoms with Gasteiger partial charge in [-0.05, 0) is 48.5 Å². The molecule has 0 bridgehead atoms. The predicted molar refractivity (Wildman–Crippen MR) is 72.1 cm³/mol. The molecule has 0 heterocycles. The van der Waals surface area contributed by atoms with Gasteiger partial charge in [0.2, 0.25) is 0 Å². The molecule has 2 rings (SSSR count). The second kappa shape index (κ2) is 7.68. The third-order valence-corrected chi connectivity index (χ3v) is 2.51. The van der Waals surface area contributed by atoms with Gasteiger partial charge in [-0.25, -0.2) is 9.59 Å². The molecule has 0 saturated heterocycles. The van der Waals surface area contributed by atoms with Crippen LogP contribution in [0.1, 0.15) is 22.1 Å². The zero-order valence-corrected chi connectivity index (χ0v) is 13.2. The maximum atomic E-state index is 10.7. The maximum absolute atomic E-state index is 10.7. The molecule has 7 heteroatoms. The average Bonchev–Trinajstić information content (AvgIpc) is 2.46. The summed E-state index contributed by atoms with van der Waals surface area (Å²) in [5.74, 6) is -2.00. The van der Waals surface area contributed by atoms with Crippen LogP contribution in [0, 0.1) is 0 Å². The van der Waals surface area contributed by atoms with Gasteiger partial charge in [-0.1, -0.05) is 0 Å². The summed E-state index contributed by atoms with van der Waals surface area (Å²) < 4.78 is 0. The molecule has 6 nitrogen and oxygen atoms in total. The Labute approximate surface area is 143 Å². The molecule has 0 aliphatic carbocycles. The SMILES string of the molecule is O=C(O)c1ccc(N=Nc2ccc(C(=O)O)cc2)cc1.[H-].[Na+]. The third kappa shape index (κ3) is 4.78. The third-order valence-electron chi connectivity index (χ3n) is 2.51. The zero-order chi connectivity index (χ0) is 14.5. The Morgan fingerprint density at radius 2 is 1.00 bits per heavy atom. The molecule has 2 aromatic rings. The number of benzene rings is 2. The van der Waals surface area contributed by atoms with Gasteiger partial charge in [0.25, 0.3) is 0 Å². The summed E-state index contributed by atoms with van der Waals surface area (Å²) in [7, 11) is 0. The summed E-state index contributed by atoms with van der Waals surface area (Å²) in [4.78, 5) is 21.4. The normalized spacial score (nSPS) is 10.1. The van der Waals surface area contributed by atoms with Crippen LogP contribution in [0.25, 0.3) is 0 Å². The molecule has 102 valence electrons. The van der Waals surface area contributed by atoms with Gasteiger partial charge in [-0.3, -0.25) is 0 Å². The van der Waals surface area contributed by atoms with Gasteiger partial charge >= 0.3 is 41.5 Å². The van der Waals surface area contributed by atoms with Crippen molar-refractivity contribution in [3.05, 3.63) is 59.7 Å². The summed E-state index contributed by atoms with van der Waals surface area (Å²) in [6, 6.07) is 11.9. The van der Waals surface area contributed by atoms with Crippen LogP contribution >= 0.6 is 0 Å². The first kappa shape index (κ1) is 17.0. The zero-order valence-electron chi connectivity index (χ0n) is 12.2. The van der Waals surface area contributed by atoms with Gasteiger partial charge in [-0.15, -0.1) is 0 Å². The van der Waals surface area contributed by atoms with E-state index in [-0.39, 0.29) is 42.1 Å². The number of carboxylic acids is 2. The Balaban J connectivity index is 0.00000220. The van der Waals surface area contributed by atoms with Crippen molar-refractivity contribution in [2.24, 2.45) is 10.2 Å². The number of carboxylic acid groups (broad SMARTS) is 2. The molecule has 0 fully saturated rings. The molecule has 0 atom stereocenters. The van der Waals surface area contributed by atoms with Crippen molar-refractivity contribution in [1.29, 1.82) is 0 Å². The van der Waals surface area contributed by atoms with Crippen LogP contribution in [0.5, 0.6) is 0 Å². The minimum absolute atomic E-state index is 0. The van der Waals surface area contributed by atoms with Crippen LogP contribution in [0.15, 0.2) is 58.8 Å². The van der Waals surface area contributed by atoms with E-state index < -0.39 is 11.9 Å². The van der Waals surface area contributed by atoms with E-state index in [1.165, 1.54) is 24.3 Å². The van der Waals surface area contributed by atoms with Crippen LogP contribution in [-0.4, -0.2) is 22.2 Å². The van der Waals surface area contributed by atoms with E-state index in [0.29, 0.717) is 11.4 Å². The van der Waals surface area contributed by atoms with E-state index in [2.05, 4.69) is 10.2 Å². The molecule has 2 N–H and O–H groups in total. The number of aromatic carboxylic acids is 2. The first-order valence-electron chi connectivity index (χ1n) is 5.65. The topological polar surface area (TPSA) is 99.3 Å². The van der Waals surface area contributed by atoms with Crippen LogP contribution < -0.4 is 29.6 Å². The second-order valence-corrected chi connectivity index (χ2v) is 3.90. The van der Waals surface area contributed by atoms with E-state index >= 15 is 0 Å². The van der Waals surface area contributed by atoms with Crippen molar-refractivity contribution in [2.45, 2.75) is 0 Å². The predicted octanol–water partition coefficient (Wildman–Crippen LogP) is 0.615. The fourth-order valence-electron chi connectivity index (χ4n) is 1.46. The van der Waals surface area contributed by atoms with Crippen molar-refractivity contribution in [3.8, 4) is 0 Å². The number of hydrogen-bond donors (Lipinski definition) is 2. The summed E-state index contributed by atoms with van der Waals surface area (Å²) in [5, 5.41) is 25.4. The minimum atomic E-state index is -1.00. The monoisotopic (exact) mass is 294 g/mol. The summed E-state index contributed by atoms with van der Waals surface area (Å²) in [5.41, 5.74) is 1.37. The quantitative estimate of drug-likeness (QED) is 0.637. The first-order chi connectivity index (χ1) is 9.56. The number of hydrogen-bond acceptors (Lipinski definition) is 4. The minimum Gasteiger partial charge on any atom is -1.00 e. The van der Waals surface area contributed by atoms with Gasteiger partial charge in [0.05, 0.1) is 22.5 Å². The van der Waals surface area contributed by atoms with E-state index in [4.69, 9.17) is 10.2 Å². The van der Waals surface area contributed by atoms with Crippen molar-refractivity contribution in [2.75, 3.05) is 0 Å². The number of rotatable bonds is 4. The smallest absolute Gasteiger partial charge is 1.00 e. The van der Waals surface area contributed by atoms with E-state index in [1.54, 1.807) is 24.3 Å². The Bertz CT molecular complexity index is 613. The molecule has 0 aliphatic rings. The number of azo groups is 1. The molecule has 21 heavy (non-hydrogen) atoms. The molecule has 0 radical (unpaired) electrons. The molecular formula is C14H11N2NaO4.